The molecule has 0 radical (unpaired) electrons. The van der Waals surface area contributed by atoms with E-state index in [4.69, 9.17) is 11.6 Å². The highest BCUT2D eigenvalue weighted by Gasteiger charge is 2.47. The minimum Gasteiger partial charge on any atom is -0.507 e. The van der Waals surface area contributed by atoms with E-state index in [0.29, 0.717) is 10.6 Å². The maximum atomic E-state index is 13.3. The Bertz CT molecular complexity index is 1270. The van der Waals surface area contributed by atoms with Gasteiger partial charge in [-0.3, -0.25) is 14.5 Å². The van der Waals surface area contributed by atoms with Gasteiger partial charge < -0.3 is 5.11 Å². The third-order valence-electron chi connectivity index (χ3n) is 5.20. The lowest BCUT2D eigenvalue weighted by Gasteiger charge is -2.26. The number of amides is 1. The first-order valence-electron chi connectivity index (χ1n) is 9.57. The number of halogens is 5. The predicted molar refractivity (Wildman–Crippen MR) is 122 cm³/mol. The molecule has 4 nitrogen and oxygen atoms in total. The van der Waals surface area contributed by atoms with Gasteiger partial charge in [-0.05, 0) is 60.2 Å². The summed E-state index contributed by atoms with van der Waals surface area (Å²) < 4.78 is 40.7. The first kappa shape index (κ1) is 23.1. The van der Waals surface area contributed by atoms with Crippen molar-refractivity contribution in [2.24, 2.45) is 0 Å². The standard InChI is InChI=1S/C24H14BrClF3NO3/c25-16-8-4-13(5-9-16)20-19(21(31)14-6-10-17(26)11-7-14)22(32)23(33)30(20)18-3-1-2-15(12-18)24(27,28)29/h1-12,20,31H/t20-/m1/s1. The van der Waals surface area contributed by atoms with Crippen LogP contribution in [0.15, 0.2) is 82.8 Å². The normalized spacial score (nSPS) is 18.1. The highest BCUT2D eigenvalue weighted by molar-refractivity contribution is 9.10. The Morgan fingerprint density at radius 3 is 2.21 bits per heavy atom. The van der Waals surface area contributed by atoms with Crippen molar-refractivity contribution in [2.45, 2.75) is 12.2 Å². The molecule has 0 bridgehead atoms. The van der Waals surface area contributed by atoms with E-state index in [1.54, 1.807) is 24.3 Å². The van der Waals surface area contributed by atoms with Gasteiger partial charge in [-0.25, -0.2) is 0 Å². The number of aliphatic hydroxyl groups is 1. The zero-order chi connectivity index (χ0) is 23.9. The summed E-state index contributed by atoms with van der Waals surface area (Å²) in [5, 5.41) is 11.4. The van der Waals surface area contributed by atoms with Crippen molar-refractivity contribution < 1.29 is 27.9 Å². The SMILES string of the molecule is O=C1C(=O)N(c2cccc(C(F)(F)F)c2)[C@H](c2ccc(Br)cc2)C1=C(O)c1ccc(Cl)cc1. The Balaban J connectivity index is 1.94. The maximum absolute atomic E-state index is 13.3. The number of ketones is 1. The van der Waals surface area contributed by atoms with Crippen LogP contribution in [-0.2, 0) is 15.8 Å². The van der Waals surface area contributed by atoms with Crippen molar-refractivity contribution in [3.63, 3.8) is 0 Å². The molecule has 0 aliphatic carbocycles. The fraction of sp³-hybridized carbons (Fsp3) is 0.0833. The Labute approximate surface area is 200 Å². The van der Waals surface area contributed by atoms with E-state index in [0.717, 1.165) is 27.6 Å². The number of alkyl halides is 3. The van der Waals surface area contributed by atoms with Crippen molar-refractivity contribution in [1.29, 1.82) is 0 Å². The van der Waals surface area contributed by atoms with Crippen LogP contribution < -0.4 is 4.90 Å². The smallest absolute Gasteiger partial charge is 0.416 e. The van der Waals surface area contributed by atoms with Crippen molar-refractivity contribution in [3.8, 4) is 0 Å². The van der Waals surface area contributed by atoms with E-state index in [9.17, 15) is 27.9 Å². The quantitative estimate of drug-likeness (QED) is 0.229. The largest absolute Gasteiger partial charge is 0.507 e. The van der Waals surface area contributed by atoms with Crippen LogP contribution in [0.5, 0.6) is 0 Å². The highest BCUT2D eigenvalue weighted by atomic mass is 79.9. The summed E-state index contributed by atoms with van der Waals surface area (Å²) in [6.07, 6.45) is -4.64. The molecule has 0 saturated carbocycles. The van der Waals surface area contributed by atoms with Crippen LogP contribution in [0.25, 0.3) is 5.76 Å². The number of Topliss-reactive ketones (excluding diaryl/α,β-unsaturated/α-hetero) is 1. The number of hydrogen-bond acceptors (Lipinski definition) is 3. The molecule has 1 aliphatic heterocycles. The molecule has 1 N–H and O–H groups in total. The monoisotopic (exact) mass is 535 g/mol. The molecule has 3 aromatic carbocycles. The Morgan fingerprint density at radius 2 is 1.61 bits per heavy atom. The van der Waals surface area contributed by atoms with Gasteiger partial charge in [0.25, 0.3) is 11.7 Å². The van der Waals surface area contributed by atoms with E-state index in [1.807, 2.05) is 0 Å². The molecule has 0 unspecified atom stereocenters. The summed E-state index contributed by atoms with van der Waals surface area (Å²) in [6.45, 7) is 0. The van der Waals surface area contributed by atoms with Crippen molar-refractivity contribution in [1.82, 2.24) is 0 Å². The van der Waals surface area contributed by atoms with Crippen LogP contribution in [0, 0.1) is 0 Å². The molecule has 0 spiro atoms. The average Bonchev–Trinajstić information content (AvgIpc) is 3.04. The van der Waals surface area contributed by atoms with E-state index < -0.39 is 35.2 Å². The Morgan fingerprint density at radius 1 is 0.970 bits per heavy atom. The van der Waals surface area contributed by atoms with Gasteiger partial charge in [0.05, 0.1) is 17.2 Å². The van der Waals surface area contributed by atoms with Gasteiger partial charge in [-0.2, -0.15) is 13.2 Å². The molecule has 1 atom stereocenters. The lowest BCUT2D eigenvalue weighted by atomic mass is 9.95. The predicted octanol–water partition coefficient (Wildman–Crippen LogP) is 6.75. The molecule has 1 saturated heterocycles. The maximum Gasteiger partial charge on any atom is 0.416 e. The van der Waals surface area contributed by atoms with Crippen molar-refractivity contribution in [3.05, 3.63) is 105 Å². The van der Waals surface area contributed by atoms with Gasteiger partial charge >= 0.3 is 6.18 Å². The number of hydrogen-bond donors (Lipinski definition) is 1. The molecule has 168 valence electrons. The molecular formula is C24H14BrClF3NO3. The summed E-state index contributed by atoms with van der Waals surface area (Å²) in [7, 11) is 0. The summed E-state index contributed by atoms with van der Waals surface area (Å²) in [6, 6.07) is 15.6. The Kier molecular flexibility index (Phi) is 6.07. The van der Waals surface area contributed by atoms with Crippen molar-refractivity contribution in [2.75, 3.05) is 4.90 Å². The molecule has 1 heterocycles. The van der Waals surface area contributed by atoms with E-state index in [2.05, 4.69) is 15.9 Å². The number of rotatable bonds is 3. The van der Waals surface area contributed by atoms with Gasteiger partial charge in [0.15, 0.2) is 0 Å². The van der Waals surface area contributed by atoms with Gasteiger partial charge in [-0.15, -0.1) is 0 Å². The fourth-order valence-corrected chi connectivity index (χ4v) is 4.04. The molecule has 0 aromatic heterocycles. The minimum absolute atomic E-state index is 0.116. The van der Waals surface area contributed by atoms with Crippen LogP contribution >= 0.6 is 27.5 Å². The van der Waals surface area contributed by atoms with Crippen LogP contribution in [0.4, 0.5) is 18.9 Å². The lowest BCUT2D eigenvalue weighted by molar-refractivity contribution is -0.137. The van der Waals surface area contributed by atoms with Gasteiger partial charge in [0.1, 0.15) is 5.76 Å². The molecular weight excluding hydrogens is 523 g/mol. The molecule has 1 fully saturated rings. The summed E-state index contributed by atoms with van der Waals surface area (Å²) in [5.41, 5.74) is -0.639. The van der Waals surface area contributed by atoms with Crippen LogP contribution in [0.1, 0.15) is 22.7 Å². The van der Waals surface area contributed by atoms with E-state index in [-0.39, 0.29) is 16.8 Å². The number of anilines is 1. The average molecular weight is 537 g/mol. The summed E-state index contributed by atoms with van der Waals surface area (Å²) in [4.78, 5) is 27.0. The van der Waals surface area contributed by atoms with E-state index in [1.165, 1.54) is 30.3 Å². The second-order valence-corrected chi connectivity index (χ2v) is 8.63. The molecule has 3 aromatic rings. The third kappa shape index (κ3) is 4.41. The zero-order valence-electron chi connectivity index (χ0n) is 16.6. The summed E-state index contributed by atoms with van der Waals surface area (Å²) >= 11 is 9.21. The van der Waals surface area contributed by atoms with Crippen molar-refractivity contribution >= 4 is 50.7 Å². The lowest BCUT2D eigenvalue weighted by Crippen LogP contribution is -2.29. The number of carbonyl (C=O) groups excluding carboxylic acids is 2. The fourth-order valence-electron chi connectivity index (χ4n) is 3.65. The second-order valence-electron chi connectivity index (χ2n) is 7.28. The van der Waals surface area contributed by atoms with Crippen LogP contribution in [0.2, 0.25) is 5.02 Å². The van der Waals surface area contributed by atoms with E-state index >= 15 is 0 Å². The number of nitrogens with zero attached hydrogens (tertiary/aromatic N) is 1. The first-order valence-corrected chi connectivity index (χ1v) is 10.7. The number of benzene rings is 3. The van der Waals surface area contributed by atoms with Gasteiger partial charge in [0.2, 0.25) is 0 Å². The third-order valence-corrected chi connectivity index (χ3v) is 5.98. The zero-order valence-corrected chi connectivity index (χ0v) is 18.9. The molecule has 33 heavy (non-hydrogen) atoms. The van der Waals surface area contributed by atoms with Crippen LogP contribution in [-0.4, -0.2) is 16.8 Å². The number of carbonyl (C=O) groups is 2. The van der Waals surface area contributed by atoms with Gasteiger partial charge in [0, 0.05) is 20.7 Å². The van der Waals surface area contributed by atoms with Gasteiger partial charge in [-0.1, -0.05) is 45.7 Å². The number of aliphatic hydroxyl groups excluding tert-OH is 1. The molecule has 9 heteroatoms. The van der Waals surface area contributed by atoms with Crippen LogP contribution in [0.3, 0.4) is 0 Å². The minimum atomic E-state index is -4.64. The summed E-state index contributed by atoms with van der Waals surface area (Å²) in [5.74, 6) is -2.50. The molecule has 1 aliphatic rings. The highest BCUT2D eigenvalue weighted by Crippen LogP contribution is 2.43. The Hall–Kier alpha value is -3.10. The second kappa shape index (κ2) is 8.68. The first-order chi connectivity index (χ1) is 15.6. The molecule has 1 amide bonds. The topological polar surface area (TPSA) is 57.6 Å². The molecule has 4 rings (SSSR count).